The number of aromatic nitrogens is 3. The fourth-order valence-electron chi connectivity index (χ4n) is 2.55. The average molecular weight is 296 g/mol. The van der Waals surface area contributed by atoms with Crippen LogP contribution in [0.1, 0.15) is 18.1 Å². The van der Waals surface area contributed by atoms with Crippen molar-refractivity contribution in [2.75, 3.05) is 11.9 Å². The first-order valence-corrected chi connectivity index (χ1v) is 7.27. The molecule has 0 fully saturated rings. The van der Waals surface area contributed by atoms with E-state index in [1.165, 1.54) is 0 Å². The first-order chi connectivity index (χ1) is 10.5. The van der Waals surface area contributed by atoms with Crippen molar-refractivity contribution in [3.63, 3.8) is 0 Å². The van der Waals surface area contributed by atoms with Crippen molar-refractivity contribution in [1.82, 2.24) is 14.8 Å². The zero-order valence-electron chi connectivity index (χ0n) is 13.0. The van der Waals surface area contributed by atoms with E-state index in [4.69, 9.17) is 0 Å². The van der Waals surface area contributed by atoms with Gasteiger partial charge in [-0.2, -0.15) is 5.10 Å². The summed E-state index contributed by atoms with van der Waals surface area (Å²) >= 11 is 0. The van der Waals surface area contributed by atoms with Gasteiger partial charge in [-0.3, -0.25) is 9.67 Å². The van der Waals surface area contributed by atoms with Crippen LogP contribution in [0, 0.1) is 6.92 Å². The van der Waals surface area contributed by atoms with E-state index in [-0.39, 0.29) is 0 Å². The predicted molar refractivity (Wildman–Crippen MR) is 87.7 cm³/mol. The van der Waals surface area contributed by atoms with Gasteiger partial charge in [-0.15, -0.1) is 0 Å². The molecule has 3 rings (SSSR count). The first kappa shape index (κ1) is 14.5. The largest absolute Gasteiger partial charge is 0.383 e. The number of benzene rings is 1. The quantitative estimate of drug-likeness (QED) is 0.777. The second kappa shape index (κ2) is 5.42. The van der Waals surface area contributed by atoms with Crippen molar-refractivity contribution in [2.24, 2.45) is 7.05 Å². The molecule has 0 saturated carbocycles. The van der Waals surface area contributed by atoms with Gasteiger partial charge in [0.05, 0.1) is 11.7 Å². The Kier molecular flexibility index (Phi) is 3.58. The highest BCUT2D eigenvalue weighted by molar-refractivity contribution is 5.92. The standard InChI is InChI=1S/C17H20N4O/c1-12-5-4-6-14-15(7-8-18-16(12)14)19-11-17(2,22)13-9-20-21(3)10-13/h4-10,22H,11H2,1-3H3,(H,18,19). The summed E-state index contributed by atoms with van der Waals surface area (Å²) in [6.45, 7) is 4.22. The molecule has 0 spiro atoms. The predicted octanol–water partition coefficient (Wildman–Crippen LogP) is 2.60. The molecule has 114 valence electrons. The van der Waals surface area contributed by atoms with Crippen molar-refractivity contribution in [3.05, 3.63) is 54.0 Å². The lowest BCUT2D eigenvalue weighted by molar-refractivity contribution is 0.0715. The molecule has 0 amide bonds. The molecule has 2 N–H and O–H groups in total. The number of hydrogen-bond donors (Lipinski definition) is 2. The monoisotopic (exact) mass is 296 g/mol. The summed E-state index contributed by atoms with van der Waals surface area (Å²) in [4.78, 5) is 4.43. The summed E-state index contributed by atoms with van der Waals surface area (Å²) in [6.07, 6.45) is 5.31. The Labute approximate surface area is 129 Å². The topological polar surface area (TPSA) is 63.0 Å². The number of fused-ring (bicyclic) bond motifs is 1. The summed E-state index contributed by atoms with van der Waals surface area (Å²) in [5.41, 5.74) is 2.89. The molecule has 22 heavy (non-hydrogen) atoms. The molecule has 0 aliphatic heterocycles. The molecular weight excluding hydrogens is 276 g/mol. The lowest BCUT2D eigenvalue weighted by Gasteiger charge is -2.23. The van der Waals surface area contributed by atoms with Gasteiger partial charge in [0.15, 0.2) is 0 Å². The summed E-state index contributed by atoms with van der Waals surface area (Å²) in [7, 11) is 1.84. The number of anilines is 1. The van der Waals surface area contributed by atoms with Crippen molar-refractivity contribution >= 4 is 16.6 Å². The van der Waals surface area contributed by atoms with Gasteiger partial charge in [0.25, 0.3) is 0 Å². The molecule has 5 nitrogen and oxygen atoms in total. The minimum atomic E-state index is -0.992. The number of para-hydroxylation sites is 1. The van der Waals surface area contributed by atoms with Gasteiger partial charge in [0, 0.05) is 42.6 Å². The zero-order valence-corrected chi connectivity index (χ0v) is 13.0. The maximum absolute atomic E-state index is 10.7. The minimum absolute atomic E-state index is 0.395. The highest BCUT2D eigenvalue weighted by Gasteiger charge is 2.24. The van der Waals surface area contributed by atoms with Crippen LogP contribution in [0.15, 0.2) is 42.9 Å². The van der Waals surface area contributed by atoms with E-state index in [2.05, 4.69) is 15.4 Å². The second-order valence-electron chi connectivity index (χ2n) is 5.86. The van der Waals surface area contributed by atoms with Crippen LogP contribution in [0.25, 0.3) is 10.9 Å². The van der Waals surface area contributed by atoms with E-state index < -0.39 is 5.60 Å². The SMILES string of the molecule is Cc1cccc2c(NCC(C)(O)c3cnn(C)c3)ccnc12. The lowest BCUT2D eigenvalue weighted by atomic mass is 9.99. The second-order valence-corrected chi connectivity index (χ2v) is 5.86. The maximum atomic E-state index is 10.7. The number of nitrogens with one attached hydrogen (secondary N) is 1. The van der Waals surface area contributed by atoms with Crippen molar-refractivity contribution in [1.29, 1.82) is 0 Å². The van der Waals surface area contributed by atoms with Gasteiger partial charge >= 0.3 is 0 Å². The van der Waals surface area contributed by atoms with Crippen LogP contribution in [0.4, 0.5) is 5.69 Å². The normalized spacial score (nSPS) is 14.0. The van der Waals surface area contributed by atoms with E-state index in [0.29, 0.717) is 6.54 Å². The molecule has 0 saturated heterocycles. The van der Waals surface area contributed by atoms with E-state index >= 15 is 0 Å². The zero-order chi connectivity index (χ0) is 15.7. The number of nitrogens with zero attached hydrogens (tertiary/aromatic N) is 3. The Balaban J connectivity index is 1.86. The third-order valence-corrected chi connectivity index (χ3v) is 3.92. The number of rotatable bonds is 4. The highest BCUT2D eigenvalue weighted by Crippen LogP contribution is 2.26. The number of aliphatic hydroxyl groups is 1. The Morgan fingerprint density at radius 3 is 2.86 bits per heavy atom. The number of hydrogen-bond acceptors (Lipinski definition) is 4. The maximum Gasteiger partial charge on any atom is 0.107 e. The molecule has 2 heterocycles. The van der Waals surface area contributed by atoms with E-state index in [1.807, 2.05) is 44.4 Å². The Morgan fingerprint density at radius 1 is 1.32 bits per heavy atom. The molecule has 0 aliphatic rings. The summed E-state index contributed by atoms with van der Waals surface area (Å²) in [5.74, 6) is 0. The highest BCUT2D eigenvalue weighted by atomic mass is 16.3. The first-order valence-electron chi connectivity index (χ1n) is 7.27. The van der Waals surface area contributed by atoms with Crippen molar-refractivity contribution in [3.8, 4) is 0 Å². The smallest absolute Gasteiger partial charge is 0.107 e. The Morgan fingerprint density at radius 2 is 2.14 bits per heavy atom. The molecule has 1 atom stereocenters. The van der Waals surface area contributed by atoms with Crippen molar-refractivity contribution in [2.45, 2.75) is 19.4 Å². The molecule has 5 heteroatoms. The molecule has 0 radical (unpaired) electrons. The van der Waals surface area contributed by atoms with Crippen molar-refractivity contribution < 1.29 is 5.11 Å². The van der Waals surface area contributed by atoms with Crippen LogP contribution in [-0.2, 0) is 12.6 Å². The van der Waals surface area contributed by atoms with Gasteiger partial charge in [-0.25, -0.2) is 0 Å². The van der Waals surface area contributed by atoms with Crippen LogP contribution in [0.2, 0.25) is 0 Å². The average Bonchev–Trinajstić information content (AvgIpc) is 2.93. The number of pyridine rings is 1. The van der Waals surface area contributed by atoms with Gasteiger partial charge in [-0.05, 0) is 25.5 Å². The fourth-order valence-corrected chi connectivity index (χ4v) is 2.55. The van der Waals surface area contributed by atoms with E-state index in [1.54, 1.807) is 24.0 Å². The van der Waals surface area contributed by atoms with Crippen LogP contribution in [-0.4, -0.2) is 26.4 Å². The summed E-state index contributed by atoms with van der Waals surface area (Å²) in [5, 5.41) is 19.2. The molecular formula is C17H20N4O. The van der Waals surface area contributed by atoms with Gasteiger partial charge < -0.3 is 10.4 Å². The Hall–Kier alpha value is -2.40. The summed E-state index contributed by atoms with van der Waals surface area (Å²) < 4.78 is 1.69. The van der Waals surface area contributed by atoms with Crippen LogP contribution < -0.4 is 5.32 Å². The molecule has 2 aromatic heterocycles. The Bertz CT molecular complexity index is 807. The molecule has 3 aromatic rings. The van der Waals surface area contributed by atoms with Crippen LogP contribution in [0.5, 0.6) is 0 Å². The molecule has 1 unspecified atom stereocenters. The minimum Gasteiger partial charge on any atom is -0.383 e. The summed E-state index contributed by atoms with van der Waals surface area (Å²) in [6, 6.07) is 8.03. The third kappa shape index (κ3) is 2.67. The molecule has 1 aromatic carbocycles. The number of aryl methyl sites for hydroxylation is 2. The van der Waals surface area contributed by atoms with E-state index in [0.717, 1.165) is 27.7 Å². The van der Waals surface area contributed by atoms with Gasteiger partial charge in [-0.1, -0.05) is 18.2 Å². The van der Waals surface area contributed by atoms with Crippen LogP contribution >= 0.6 is 0 Å². The molecule has 0 bridgehead atoms. The van der Waals surface area contributed by atoms with Gasteiger partial charge in [0.1, 0.15) is 5.60 Å². The third-order valence-electron chi connectivity index (χ3n) is 3.92. The van der Waals surface area contributed by atoms with E-state index in [9.17, 15) is 5.11 Å². The van der Waals surface area contributed by atoms with Crippen LogP contribution in [0.3, 0.4) is 0 Å². The fraction of sp³-hybridized carbons (Fsp3) is 0.294. The van der Waals surface area contributed by atoms with Gasteiger partial charge in [0.2, 0.25) is 0 Å². The lowest BCUT2D eigenvalue weighted by Crippen LogP contribution is -2.30. The molecule has 0 aliphatic carbocycles.